The largest absolute Gasteiger partial charge is 0.446 e. The molecule has 162 valence electrons. The van der Waals surface area contributed by atoms with E-state index in [2.05, 4.69) is 5.32 Å². The van der Waals surface area contributed by atoms with E-state index >= 15 is 0 Å². The lowest BCUT2D eigenvalue weighted by Gasteiger charge is -2.19. The Balaban J connectivity index is 1.79. The molecule has 10 heteroatoms. The molecule has 3 aromatic carbocycles. The number of carbonyl (C=O) groups is 1. The number of anilines is 2. The second-order valence-corrected chi connectivity index (χ2v) is 8.68. The number of alkyl halides is 3. The molecule has 0 bridgehead atoms. The summed E-state index contributed by atoms with van der Waals surface area (Å²) < 4.78 is 53.3. The maximum atomic E-state index is 14.0. The molecule has 3 nitrogen and oxygen atoms in total. The third kappa shape index (κ3) is 6.56. The van der Waals surface area contributed by atoms with Gasteiger partial charge in [-0.2, -0.15) is 13.2 Å². The van der Waals surface area contributed by atoms with Crippen molar-refractivity contribution in [1.29, 1.82) is 0 Å². The van der Waals surface area contributed by atoms with Crippen molar-refractivity contribution in [1.82, 2.24) is 0 Å². The molecule has 31 heavy (non-hydrogen) atoms. The molecular weight excluding hydrogens is 472 g/mol. The van der Waals surface area contributed by atoms with Gasteiger partial charge < -0.3 is 5.32 Å². The van der Waals surface area contributed by atoms with Crippen molar-refractivity contribution in [3.05, 3.63) is 83.1 Å². The van der Waals surface area contributed by atoms with Crippen LogP contribution in [0.1, 0.15) is 5.56 Å². The van der Waals surface area contributed by atoms with Crippen molar-refractivity contribution in [2.24, 2.45) is 0 Å². The highest BCUT2D eigenvalue weighted by atomic mass is 35.5. The molecule has 0 aliphatic carbocycles. The maximum Gasteiger partial charge on any atom is 0.446 e. The molecule has 0 saturated carbocycles. The Bertz CT molecular complexity index is 1050. The summed E-state index contributed by atoms with van der Waals surface area (Å²) in [6, 6.07) is 17.0. The Kier molecular flexibility index (Phi) is 7.74. The van der Waals surface area contributed by atoms with Gasteiger partial charge in [-0.05, 0) is 66.2 Å². The Morgan fingerprint density at radius 2 is 1.77 bits per heavy atom. The predicted octanol–water partition coefficient (Wildman–Crippen LogP) is 7.37. The van der Waals surface area contributed by atoms with Gasteiger partial charge in [0.15, 0.2) is 0 Å². The van der Waals surface area contributed by atoms with Gasteiger partial charge in [-0.25, -0.2) is 4.39 Å². The number of para-hydroxylation sites is 1. The third-order valence-corrected chi connectivity index (χ3v) is 6.12. The molecule has 0 aromatic heterocycles. The van der Waals surface area contributed by atoms with Crippen LogP contribution in [0.15, 0.2) is 76.5 Å². The van der Waals surface area contributed by atoms with Gasteiger partial charge in [-0.1, -0.05) is 35.9 Å². The number of nitrogens with one attached hydrogen (secondary N) is 1. The molecule has 0 spiro atoms. The van der Waals surface area contributed by atoms with Crippen LogP contribution in [0.3, 0.4) is 0 Å². The highest BCUT2D eigenvalue weighted by Gasteiger charge is 2.29. The minimum absolute atomic E-state index is 0.0296. The van der Waals surface area contributed by atoms with Crippen LogP contribution in [0, 0.1) is 5.82 Å². The van der Waals surface area contributed by atoms with E-state index in [4.69, 9.17) is 11.6 Å². The number of carbonyl (C=O) groups excluding carboxylic acids is 1. The number of thioether (sulfide) groups is 1. The van der Waals surface area contributed by atoms with Crippen LogP contribution >= 0.6 is 35.3 Å². The molecule has 1 N–H and O–H groups in total. The number of hydrogen-bond acceptors (Lipinski definition) is 4. The molecule has 0 atom stereocenters. The highest BCUT2D eigenvalue weighted by Crippen LogP contribution is 2.39. The Labute approximate surface area is 189 Å². The van der Waals surface area contributed by atoms with E-state index in [-0.39, 0.29) is 28.2 Å². The van der Waals surface area contributed by atoms with Crippen molar-refractivity contribution >= 4 is 53.1 Å². The number of amides is 1. The fourth-order valence-corrected chi connectivity index (χ4v) is 4.31. The first-order valence-electron chi connectivity index (χ1n) is 8.81. The minimum Gasteiger partial charge on any atom is -0.380 e. The molecule has 0 aliphatic heterocycles. The van der Waals surface area contributed by atoms with E-state index in [1.165, 1.54) is 40.7 Å². The second kappa shape index (κ2) is 10.3. The van der Waals surface area contributed by atoms with E-state index < -0.39 is 11.3 Å². The first kappa shape index (κ1) is 23.3. The smallest absolute Gasteiger partial charge is 0.380 e. The standard InChI is InChI=1S/C21H15ClF4N2OS2/c22-17-7-4-8-18(23)16(17)12-27-19-9-1-2-10-20(19)31-28(13-29)14-5-3-6-15(11-14)30-21(24,25)26/h1-11,13,27H,12H2. The van der Waals surface area contributed by atoms with Crippen molar-refractivity contribution in [3.8, 4) is 0 Å². The number of rotatable bonds is 8. The number of nitrogens with zero attached hydrogens (tertiary/aromatic N) is 1. The zero-order chi connectivity index (χ0) is 22.4. The first-order chi connectivity index (χ1) is 14.8. The quantitative estimate of drug-likeness (QED) is 0.156. The lowest BCUT2D eigenvalue weighted by molar-refractivity contribution is -0.106. The fraction of sp³-hybridized carbons (Fsp3) is 0.0952. The van der Waals surface area contributed by atoms with Crippen molar-refractivity contribution in [2.75, 3.05) is 9.62 Å². The number of hydrogen-bond donors (Lipinski definition) is 1. The predicted molar refractivity (Wildman–Crippen MR) is 118 cm³/mol. The van der Waals surface area contributed by atoms with Crippen LogP contribution in [-0.2, 0) is 11.3 Å². The molecule has 1 amide bonds. The van der Waals surface area contributed by atoms with Crippen molar-refractivity contribution < 1.29 is 22.4 Å². The summed E-state index contributed by atoms with van der Waals surface area (Å²) in [4.78, 5) is 12.3. The molecule has 3 rings (SSSR count). The summed E-state index contributed by atoms with van der Waals surface area (Å²) in [5, 5.41) is 3.38. The number of benzene rings is 3. The van der Waals surface area contributed by atoms with Gasteiger partial charge in [0.2, 0.25) is 6.41 Å². The van der Waals surface area contributed by atoms with E-state index in [0.29, 0.717) is 28.2 Å². The summed E-state index contributed by atoms with van der Waals surface area (Å²) >= 11 is 6.83. The molecule has 0 unspecified atom stereocenters. The van der Waals surface area contributed by atoms with Gasteiger partial charge in [-0.15, -0.1) is 0 Å². The second-order valence-electron chi connectivity index (χ2n) is 6.12. The van der Waals surface area contributed by atoms with E-state index in [1.54, 1.807) is 30.3 Å². The lowest BCUT2D eigenvalue weighted by atomic mass is 10.2. The van der Waals surface area contributed by atoms with Crippen LogP contribution < -0.4 is 9.62 Å². The molecule has 0 aliphatic rings. The molecule has 3 aromatic rings. The lowest BCUT2D eigenvalue weighted by Crippen LogP contribution is -2.12. The molecular formula is C21H15ClF4N2OS2. The van der Waals surface area contributed by atoms with E-state index in [0.717, 1.165) is 11.9 Å². The summed E-state index contributed by atoms with van der Waals surface area (Å²) in [5.41, 5.74) is -3.23. The van der Waals surface area contributed by atoms with Gasteiger partial charge in [0, 0.05) is 27.7 Å². The van der Waals surface area contributed by atoms with Gasteiger partial charge in [0.1, 0.15) is 5.82 Å². The van der Waals surface area contributed by atoms with E-state index in [1.807, 2.05) is 0 Å². The normalized spacial score (nSPS) is 11.3. The van der Waals surface area contributed by atoms with Gasteiger partial charge >= 0.3 is 5.51 Å². The molecule has 0 fully saturated rings. The summed E-state index contributed by atoms with van der Waals surface area (Å²) in [7, 11) is 0. The summed E-state index contributed by atoms with van der Waals surface area (Å²) in [6.45, 7) is 0.113. The highest BCUT2D eigenvalue weighted by molar-refractivity contribution is 8.01. The van der Waals surface area contributed by atoms with Crippen molar-refractivity contribution in [3.63, 3.8) is 0 Å². The van der Waals surface area contributed by atoms with Gasteiger partial charge in [0.05, 0.1) is 10.6 Å². The monoisotopic (exact) mass is 486 g/mol. The average molecular weight is 487 g/mol. The Morgan fingerprint density at radius 3 is 2.48 bits per heavy atom. The average Bonchev–Trinajstić information content (AvgIpc) is 2.71. The summed E-state index contributed by atoms with van der Waals surface area (Å²) in [6.07, 6.45) is 0.520. The van der Waals surface area contributed by atoms with Crippen LogP contribution in [0.25, 0.3) is 0 Å². The van der Waals surface area contributed by atoms with Crippen LogP contribution in [0.5, 0.6) is 0 Å². The zero-order valence-electron chi connectivity index (χ0n) is 15.7. The molecule has 0 saturated heterocycles. The molecule has 0 heterocycles. The van der Waals surface area contributed by atoms with Crippen molar-refractivity contribution in [2.45, 2.75) is 21.8 Å². The minimum atomic E-state index is -4.43. The Hall–Kier alpha value is -2.36. The van der Waals surface area contributed by atoms with Crippen LogP contribution in [0.4, 0.5) is 28.9 Å². The fourth-order valence-electron chi connectivity index (χ4n) is 2.64. The van der Waals surface area contributed by atoms with Crippen LogP contribution in [0.2, 0.25) is 5.02 Å². The maximum absolute atomic E-state index is 14.0. The topological polar surface area (TPSA) is 32.3 Å². The summed E-state index contributed by atoms with van der Waals surface area (Å²) in [5.74, 6) is -0.446. The zero-order valence-corrected chi connectivity index (χ0v) is 18.1. The van der Waals surface area contributed by atoms with E-state index in [9.17, 15) is 22.4 Å². The first-order valence-corrected chi connectivity index (χ1v) is 10.8. The third-order valence-electron chi connectivity index (χ3n) is 4.00. The number of halogens is 5. The van der Waals surface area contributed by atoms with Gasteiger partial charge in [0.25, 0.3) is 0 Å². The van der Waals surface area contributed by atoms with Crippen LogP contribution in [-0.4, -0.2) is 11.9 Å². The molecule has 0 radical (unpaired) electrons. The van der Waals surface area contributed by atoms with Gasteiger partial charge in [-0.3, -0.25) is 9.10 Å². The SMILES string of the molecule is O=CN(Sc1ccccc1NCc1c(F)cccc1Cl)c1cccc(SC(F)(F)F)c1. The Morgan fingerprint density at radius 1 is 1.03 bits per heavy atom.